The second kappa shape index (κ2) is 8.42. The highest BCUT2D eigenvalue weighted by Crippen LogP contribution is 2.13. The molecule has 0 saturated carbocycles. The molecular weight excluding hydrogens is 333 g/mol. The standard InChI is InChI=1S/C19H26FN5O/c1-15(2)25-18(7-8-21-25)22-19(26)14-24-11-9-23(10-12-24)13-16-3-5-17(20)6-4-16/h3-8,15H,9-14H2,1-2H3,(H,22,26). The molecule has 26 heavy (non-hydrogen) atoms. The number of nitrogens with one attached hydrogen (secondary N) is 1. The number of halogens is 1. The molecule has 0 bridgehead atoms. The van der Waals surface area contributed by atoms with Crippen molar-refractivity contribution in [2.24, 2.45) is 0 Å². The van der Waals surface area contributed by atoms with Gasteiger partial charge in [0.05, 0.1) is 12.7 Å². The summed E-state index contributed by atoms with van der Waals surface area (Å²) < 4.78 is 14.8. The summed E-state index contributed by atoms with van der Waals surface area (Å²) >= 11 is 0. The number of piperazine rings is 1. The van der Waals surface area contributed by atoms with Gasteiger partial charge in [0.1, 0.15) is 11.6 Å². The molecule has 1 aromatic carbocycles. The number of benzene rings is 1. The highest BCUT2D eigenvalue weighted by molar-refractivity contribution is 5.91. The molecule has 1 N–H and O–H groups in total. The average molecular weight is 359 g/mol. The van der Waals surface area contributed by atoms with Crippen LogP contribution in [0.3, 0.4) is 0 Å². The quantitative estimate of drug-likeness (QED) is 0.860. The van der Waals surface area contributed by atoms with Crippen molar-refractivity contribution in [3.05, 3.63) is 47.9 Å². The number of anilines is 1. The van der Waals surface area contributed by atoms with E-state index in [9.17, 15) is 9.18 Å². The first-order valence-electron chi connectivity index (χ1n) is 9.04. The van der Waals surface area contributed by atoms with E-state index in [1.807, 2.05) is 32.0 Å². The van der Waals surface area contributed by atoms with Crippen molar-refractivity contribution in [2.45, 2.75) is 26.4 Å². The third-order valence-corrected chi connectivity index (χ3v) is 4.58. The first kappa shape index (κ1) is 18.5. The summed E-state index contributed by atoms with van der Waals surface area (Å²) in [5, 5.41) is 7.18. The maximum atomic E-state index is 13.0. The van der Waals surface area contributed by atoms with Gasteiger partial charge in [0.2, 0.25) is 5.91 Å². The molecule has 1 amide bonds. The maximum Gasteiger partial charge on any atom is 0.239 e. The molecule has 140 valence electrons. The lowest BCUT2D eigenvalue weighted by Crippen LogP contribution is -2.48. The zero-order chi connectivity index (χ0) is 18.5. The number of carbonyl (C=O) groups excluding carboxylic acids is 1. The largest absolute Gasteiger partial charge is 0.310 e. The number of carbonyl (C=O) groups is 1. The van der Waals surface area contributed by atoms with Gasteiger partial charge in [0.25, 0.3) is 0 Å². The number of aromatic nitrogens is 2. The van der Waals surface area contributed by atoms with Crippen LogP contribution in [-0.2, 0) is 11.3 Å². The van der Waals surface area contributed by atoms with Crippen LogP contribution in [0, 0.1) is 5.82 Å². The smallest absolute Gasteiger partial charge is 0.239 e. The van der Waals surface area contributed by atoms with Crippen LogP contribution in [0.25, 0.3) is 0 Å². The van der Waals surface area contributed by atoms with Crippen LogP contribution in [0.5, 0.6) is 0 Å². The molecule has 7 heteroatoms. The van der Waals surface area contributed by atoms with Crippen molar-refractivity contribution in [3.63, 3.8) is 0 Å². The molecule has 1 saturated heterocycles. The topological polar surface area (TPSA) is 53.4 Å². The van der Waals surface area contributed by atoms with Gasteiger partial charge in [-0.25, -0.2) is 9.07 Å². The van der Waals surface area contributed by atoms with E-state index in [1.165, 1.54) is 12.1 Å². The van der Waals surface area contributed by atoms with Gasteiger partial charge < -0.3 is 5.32 Å². The molecule has 1 aliphatic heterocycles. The van der Waals surface area contributed by atoms with Crippen LogP contribution in [0.15, 0.2) is 36.5 Å². The highest BCUT2D eigenvalue weighted by Gasteiger charge is 2.19. The van der Waals surface area contributed by atoms with Gasteiger partial charge in [0.15, 0.2) is 0 Å². The molecule has 1 fully saturated rings. The van der Waals surface area contributed by atoms with Crippen LogP contribution < -0.4 is 5.32 Å². The zero-order valence-electron chi connectivity index (χ0n) is 15.4. The molecule has 2 aromatic rings. The predicted molar refractivity (Wildman–Crippen MR) is 99.4 cm³/mol. The van der Waals surface area contributed by atoms with Gasteiger partial charge in [-0.15, -0.1) is 0 Å². The summed E-state index contributed by atoms with van der Waals surface area (Å²) in [6.07, 6.45) is 1.70. The summed E-state index contributed by atoms with van der Waals surface area (Å²) in [4.78, 5) is 16.8. The first-order valence-corrected chi connectivity index (χ1v) is 9.04. The lowest BCUT2D eigenvalue weighted by Gasteiger charge is -2.34. The average Bonchev–Trinajstić information content (AvgIpc) is 3.07. The van der Waals surface area contributed by atoms with Gasteiger partial charge in [-0.1, -0.05) is 12.1 Å². The Morgan fingerprint density at radius 1 is 1.12 bits per heavy atom. The Labute approximate surface area is 153 Å². The normalized spacial score (nSPS) is 16.2. The van der Waals surface area contributed by atoms with Crippen LogP contribution in [-0.4, -0.2) is 58.2 Å². The van der Waals surface area contributed by atoms with Gasteiger partial charge >= 0.3 is 0 Å². The number of rotatable bonds is 6. The summed E-state index contributed by atoms with van der Waals surface area (Å²) in [6.45, 7) is 8.74. The van der Waals surface area contributed by atoms with E-state index in [4.69, 9.17) is 0 Å². The van der Waals surface area contributed by atoms with E-state index in [0.717, 1.165) is 44.1 Å². The van der Waals surface area contributed by atoms with Crippen LogP contribution in [0.1, 0.15) is 25.5 Å². The first-order chi connectivity index (χ1) is 12.5. The lowest BCUT2D eigenvalue weighted by atomic mass is 10.2. The summed E-state index contributed by atoms with van der Waals surface area (Å²) in [6, 6.07) is 8.67. The van der Waals surface area contributed by atoms with E-state index >= 15 is 0 Å². The Morgan fingerprint density at radius 3 is 2.42 bits per heavy atom. The minimum Gasteiger partial charge on any atom is -0.310 e. The van der Waals surface area contributed by atoms with E-state index in [-0.39, 0.29) is 17.8 Å². The third kappa shape index (κ3) is 4.89. The SMILES string of the molecule is CC(C)n1nccc1NC(=O)CN1CCN(Cc2ccc(F)cc2)CC1. The van der Waals surface area contributed by atoms with E-state index in [0.29, 0.717) is 6.54 Å². The van der Waals surface area contributed by atoms with Crippen molar-refractivity contribution >= 4 is 11.7 Å². The molecule has 6 nitrogen and oxygen atoms in total. The Balaban J connectivity index is 1.44. The van der Waals surface area contributed by atoms with Crippen molar-refractivity contribution in [3.8, 4) is 0 Å². The summed E-state index contributed by atoms with van der Waals surface area (Å²) in [7, 11) is 0. The van der Waals surface area contributed by atoms with Crippen molar-refractivity contribution in [1.82, 2.24) is 19.6 Å². The third-order valence-electron chi connectivity index (χ3n) is 4.58. The van der Waals surface area contributed by atoms with Crippen LogP contribution in [0.2, 0.25) is 0 Å². The monoisotopic (exact) mass is 359 g/mol. The molecule has 0 unspecified atom stereocenters. The molecule has 1 aliphatic rings. The van der Waals surface area contributed by atoms with Crippen molar-refractivity contribution in [2.75, 3.05) is 38.0 Å². The van der Waals surface area contributed by atoms with E-state index in [2.05, 4.69) is 20.2 Å². The van der Waals surface area contributed by atoms with Gasteiger partial charge in [0, 0.05) is 44.8 Å². The van der Waals surface area contributed by atoms with Gasteiger partial charge in [-0.2, -0.15) is 5.10 Å². The Bertz CT molecular complexity index is 720. The fourth-order valence-corrected chi connectivity index (χ4v) is 3.16. The zero-order valence-corrected chi connectivity index (χ0v) is 15.4. The van der Waals surface area contributed by atoms with E-state index < -0.39 is 0 Å². The Morgan fingerprint density at radius 2 is 1.77 bits per heavy atom. The number of hydrogen-bond donors (Lipinski definition) is 1. The minimum atomic E-state index is -0.205. The molecule has 2 heterocycles. The van der Waals surface area contributed by atoms with Crippen LogP contribution >= 0.6 is 0 Å². The lowest BCUT2D eigenvalue weighted by molar-refractivity contribution is -0.117. The molecule has 0 radical (unpaired) electrons. The van der Waals surface area contributed by atoms with E-state index in [1.54, 1.807) is 10.9 Å². The Kier molecular flexibility index (Phi) is 6.00. The number of amides is 1. The number of hydrogen-bond acceptors (Lipinski definition) is 4. The second-order valence-corrected chi connectivity index (χ2v) is 6.98. The molecular formula is C19H26FN5O. The fourth-order valence-electron chi connectivity index (χ4n) is 3.16. The second-order valence-electron chi connectivity index (χ2n) is 6.98. The van der Waals surface area contributed by atoms with Crippen LogP contribution in [0.4, 0.5) is 10.2 Å². The van der Waals surface area contributed by atoms with Gasteiger partial charge in [-0.05, 0) is 31.5 Å². The molecule has 1 aromatic heterocycles. The molecule has 3 rings (SSSR count). The molecule has 0 atom stereocenters. The minimum absolute atomic E-state index is 0.0145. The summed E-state index contributed by atoms with van der Waals surface area (Å²) in [5.41, 5.74) is 1.11. The van der Waals surface area contributed by atoms with Crippen molar-refractivity contribution < 1.29 is 9.18 Å². The number of nitrogens with zero attached hydrogens (tertiary/aromatic N) is 4. The summed E-state index contributed by atoms with van der Waals surface area (Å²) in [5.74, 6) is 0.516. The van der Waals surface area contributed by atoms with Gasteiger partial charge in [-0.3, -0.25) is 14.6 Å². The molecule has 0 aliphatic carbocycles. The Hall–Kier alpha value is -2.25. The van der Waals surface area contributed by atoms with Crippen molar-refractivity contribution in [1.29, 1.82) is 0 Å². The molecule has 0 spiro atoms. The maximum absolute atomic E-state index is 13.0. The predicted octanol–water partition coefficient (Wildman–Crippen LogP) is 2.36. The fraction of sp³-hybridized carbons (Fsp3) is 0.474. The highest BCUT2D eigenvalue weighted by atomic mass is 19.1.